The molecule has 0 bridgehead atoms. The number of carbonyl (C=O) groups excluding carboxylic acids is 1. The fourth-order valence-corrected chi connectivity index (χ4v) is 2.91. The number of benzene rings is 2. The number of pyridine rings is 1. The van der Waals surface area contributed by atoms with Gasteiger partial charge < -0.3 is 14.4 Å². The minimum absolute atomic E-state index is 0.0821. The van der Waals surface area contributed by atoms with Crippen molar-refractivity contribution in [1.82, 2.24) is 0 Å². The molecule has 128 valence electrons. The number of fused-ring (bicyclic) bond motifs is 3. The van der Waals surface area contributed by atoms with E-state index in [1.54, 1.807) is 6.07 Å². The molecule has 0 aliphatic heterocycles. The van der Waals surface area contributed by atoms with Gasteiger partial charge in [-0.3, -0.25) is 0 Å². The Morgan fingerprint density at radius 1 is 1.08 bits per heavy atom. The van der Waals surface area contributed by atoms with E-state index in [-0.39, 0.29) is 12.2 Å². The second-order valence-corrected chi connectivity index (χ2v) is 5.77. The first-order chi connectivity index (χ1) is 12.6. The summed E-state index contributed by atoms with van der Waals surface area (Å²) in [5.74, 6) is -0.577. The van der Waals surface area contributed by atoms with Gasteiger partial charge in [0.1, 0.15) is 12.2 Å². The van der Waals surface area contributed by atoms with Gasteiger partial charge in [0.15, 0.2) is 12.4 Å². The molecule has 0 fully saturated rings. The lowest BCUT2D eigenvalue weighted by atomic mass is 10.0. The highest BCUT2D eigenvalue weighted by molar-refractivity contribution is 6.07. The Bertz CT molecular complexity index is 1180. The maximum Gasteiger partial charge on any atom is 0.338 e. The van der Waals surface area contributed by atoms with Crippen molar-refractivity contribution in [1.29, 1.82) is 0 Å². The number of hydrogen-bond donors (Lipinski definition) is 0. The van der Waals surface area contributed by atoms with Gasteiger partial charge >= 0.3 is 11.6 Å². The molecule has 2 heterocycles. The van der Waals surface area contributed by atoms with Crippen LogP contribution in [-0.4, -0.2) is 5.97 Å². The first-order valence-electron chi connectivity index (χ1n) is 7.92. The van der Waals surface area contributed by atoms with Crippen LogP contribution in [0, 0.1) is 5.21 Å². The second kappa shape index (κ2) is 6.33. The van der Waals surface area contributed by atoms with Crippen LogP contribution in [-0.2, 0) is 11.3 Å². The van der Waals surface area contributed by atoms with Gasteiger partial charge in [-0.05, 0) is 16.8 Å². The summed E-state index contributed by atoms with van der Waals surface area (Å²) in [5.41, 5.74) is 0.755. The molecule has 0 saturated heterocycles. The van der Waals surface area contributed by atoms with E-state index in [9.17, 15) is 14.8 Å². The van der Waals surface area contributed by atoms with Gasteiger partial charge in [-0.1, -0.05) is 30.3 Å². The number of nitrogens with zero attached hydrogens (tertiary/aromatic N) is 1. The zero-order chi connectivity index (χ0) is 18.1. The average Bonchev–Trinajstić information content (AvgIpc) is 2.66. The Hall–Kier alpha value is -3.67. The van der Waals surface area contributed by atoms with Crippen molar-refractivity contribution in [3.05, 3.63) is 93.7 Å². The molecule has 0 saturated carbocycles. The number of hydrogen-bond acceptors (Lipinski definition) is 5. The van der Waals surface area contributed by atoms with E-state index in [1.807, 2.05) is 30.3 Å². The topological polar surface area (TPSA) is 83.5 Å². The van der Waals surface area contributed by atoms with Gasteiger partial charge in [-0.15, -0.1) is 0 Å². The maximum atomic E-state index is 12.2. The SMILES string of the molecule is O=C(OCc1cc(=O)oc2ccc3ccccc3c12)c1cc[n+]([O-])cc1. The summed E-state index contributed by atoms with van der Waals surface area (Å²) in [6, 6.07) is 15.4. The van der Waals surface area contributed by atoms with Crippen molar-refractivity contribution in [3.8, 4) is 0 Å². The van der Waals surface area contributed by atoms with E-state index in [1.165, 1.54) is 30.6 Å². The molecular weight excluding hydrogens is 334 g/mol. The highest BCUT2D eigenvalue weighted by atomic mass is 16.5. The van der Waals surface area contributed by atoms with Crippen molar-refractivity contribution in [3.63, 3.8) is 0 Å². The van der Waals surface area contributed by atoms with Crippen LogP contribution in [0.5, 0.6) is 0 Å². The molecule has 0 N–H and O–H groups in total. The Morgan fingerprint density at radius 2 is 1.85 bits per heavy atom. The lowest BCUT2D eigenvalue weighted by Gasteiger charge is -2.09. The fourth-order valence-electron chi connectivity index (χ4n) is 2.91. The molecule has 26 heavy (non-hydrogen) atoms. The van der Waals surface area contributed by atoms with E-state index >= 15 is 0 Å². The molecule has 6 heteroatoms. The Balaban J connectivity index is 1.73. The molecule has 2 aromatic heterocycles. The predicted molar refractivity (Wildman–Crippen MR) is 94.5 cm³/mol. The number of ether oxygens (including phenoxy) is 1. The molecule has 0 aliphatic rings. The minimum Gasteiger partial charge on any atom is -0.619 e. The van der Waals surface area contributed by atoms with E-state index in [4.69, 9.17) is 9.15 Å². The molecule has 0 unspecified atom stereocenters. The Kier molecular flexibility index (Phi) is 3.85. The van der Waals surface area contributed by atoms with E-state index in [0.717, 1.165) is 16.2 Å². The minimum atomic E-state index is -0.577. The summed E-state index contributed by atoms with van der Waals surface area (Å²) in [6.07, 6.45) is 2.44. The van der Waals surface area contributed by atoms with Crippen molar-refractivity contribution >= 4 is 27.7 Å². The van der Waals surface area contributed by atoms with Crippen molar-refractivity contribution in [2.75, 3.05) is 0 Å². The van der Waals surface area contributed by atoms with Crippen LogP contribution in [0.15, 0.2) is 76.2 Å². The van der Waals surface area contributed by atoms with Gasteiger partial charge in [0.25, 0.3) is 0 Å². The van der Waals surface area contributed by atoms with Crippen LogP contribution in [0.4, 0.5) is 0 Å². The number of carbonyl (C=O) groups is 1. The van der Waals surface area contributed by atoms with Crippen LogP contribution in [0.25, 0.3) is 21.7 Å². The Morgan fingerprint density at radius 3 is 2.65 bits per heavy atom. The summed E-state index contributed by atoms with van der Waals surface area (Å²) in [6.45, 7) is -0.0821. The van der Waals surface area contributed by atoms with Gasteiger partial charge in [-0.25, -0.2) is 9.59 Å². The van der Waals surface area contributed by atoms with Crippen LogP contribution >= 0.6 is 0 Å². The predicted octanol–water partition coefficient (Wildman–Crippen LogP) is 2.94. The Labute approximate surface area is 147 Å². The van der Waals surface area contributed by atoms with Crippen molar-refractivity contribution in [2.45, 2.75) is 6.61 Å². The van der Waals surface area contributed by atoms with E-state index in [2.05, 4.69) is 0 Å². The van der Waals surface area contributed by atoms with Crippen LogP contribution in [0.2, 0.25) is 0 Å². The van der Waals surface area contributed by atoms with Crippen LogP contribution in [0.3, 0.4) is 0 Å². The zero-order valence-corrected chi connectivity index (χ0v) is 13.5. The molecule has 0 aliphatic carbocycles. The first kappa shape index (κ1) is 15.8. The molecule has 0 atom stereocenters. The maximum absolute atomic E-state index is 12.2. The third kappa shape index (κ3) is 2.88. The number of aromatic nitrogens is 1. The molecule has 0 radical (unpaired) electrons. The standard InChI is InChI=1S/C20H13NO5/c22-18-11-15(12-25-20(23)14-7-9-21(24)10-8-14)19-16-4-2-1-3-13(16)5-6-17(19)26-18/h1-11H,12H2. The van der Waals surface area contributed by atoms with Gasteiger partial charge in [0.05, 0.1) is 5.56 Å². The third-order valence-electron chi connectivity index (χ3n) is 4.11. The second-order valence-electron chi connectivity index (χ2n) is 5.77. The number of esters is 1. The van der Waals surface area contributed by atoms with Crippen molar-refractivity contribution in [2.24, 2.45) is 0 Å². The fraction of sp³-hybridized carbons (Fsp3) is 0.0500. The monoisotopic (exact) mass is 347 g/mol. The molecule has 6 nitrogen and oxygen atoms in total. The highest BCUT2D eigenvalue weighted by Gasteiger charge is 2.13. The summed E-state index contributed by atoms with van der Waals surface area (Å²) in [5, 5.41) is 13.7. The van der Waals surface area contributed by atoms with Crippen molar-refractivity contribution < 1.29 is 18.7 Å². The van der Waals surface area contributed by atoms with Gasteiger partial charge in [-0.2, -0.15) is 4.73 Å². The van der Waals surface area contributed by atoms with Gasteiger partial charge in [0, 0.05) is 29.1 Å². The number of rotatable bonds is 3. The highest BCUT2D eigenvalue weighted by Crippen LogP contribution is 2.27. The lowest BCUT2D eigenvalue weighted by Crippen LogP contribution is -2.24. The quantitative estimate of drug-likeness (QED) is 0.187. The normalized spacial score (nSPS) is 10.9. The molecule has 2 aromatic carbocycles. The largest absolute Gasteiger partial charge is 0.619 e. The summed E-state index contributed by atoms with van der Waals surface area (Å²) < 4.78 is 11.2. The molecular formula is C20H13NO5. The molecule has 0 spiro atoms. The smallest absolute Gasteiger partial charge is 0.338 e. The molecule has 4 aromatic rings. The average molecular weight is 347 g/mol. The van der Waals surface area contributed by atoms with E-state index in [0.29, 0.717) is 15.9 Å². The first-order valence-corrected chi connectivity index (χ1v) is 7.92. The summed E-state index contributed by atoms with van der Waals surface area (Å²) >= 11 is 0. The van der Waals surface area contributed by atoms with E-state index < -0.39 is 11.6 Å². The zero-order valence-electron chi connectivity index (χ0n) is 13.5. The van der Waals surface area contributed by atoms with Crippen LogP contribution < -0.4 is 10.4 Å². The lowest BCUT2D eigenvalue weighted by molar-refractivity contribution is -0.605. The van der Waals surface area contributed by atoms with Crippen LogP contribution in [0.1, 0.15) is 15.9 Å². The molecule has 4 rings (SSSR count). The third-order valence-corrected chi connectivity index (χ3v) is 4.11. The van der Waals surface area contributed by atoms with Gasteiger partial charge in [0.2, 0.25) is 0 Å². The molecule has 0 amide bonds. The summed E-state index contributed by atoms with van der Waals surface area (Å²) in [7, 11) is 0. The summed E-state index contributed by atoms with van der Waals surface area (Å²) in [4.78, 5) is 24.0.